The Hall–Kier alpha value is -3.26. The van der Waals surface area contributed by atoms with Crippen LogP contribution in [0.4, 0.5) is 23.4 Å². The predicted octanol–water partition coefficient (Wildman–Crippen LogP) is 3.80. The maximum absolute atomic E-state index is 16.1. The van der Waals surface area contributed by atoms with Crippen molar-refractivity contribution in [1.29, 1.82) is 0 Å². The highest BCUT2D eigenvalue weighted by atomic mass is 32.1. The molecule has 1 unspecified atom stereocenters. The Morgan fingerprint density at radius 2 is 1.97 bits per heavy atom. The summed E-state index contributed by atoms with van der Waals surface area (Å²) in [6.07, 6.45) is -0.609. The number of anilines is 1. The van der Waals surface area contributed by atoms with Crippen LogP contribution in [0.1, 0.15) is 29.6 Å². The molecular formula is C21H18F4N8OS. The quantitative estimate of drug-likeness (QED) is 0.386. The van der Waals surface area contributed by atoms with Crippen molar-refractivity contribution in [2.24, 2.45) is 0 Å². The molecule has 9 nitrogen and oxygen atoms in total. The van der Waals surface area contributed by atoms with Crippen LogP contribution in [0.3, 0.4) is 0 Å². The first-order chi connectivity index (χ1) is 16.8. The fraction of sp³-hybridized carbons (Fsp3) is 0.429. The standard InChI is InChI=1S/C21H18F4N8OS/c22-20(19-31-30-18(35-19)13-3-1-4-15(28-13)21(23,24)25)5-2-6-32(11-20)16-8-26-14-7-27-33(17(14)29-16)12-9-34-10-12/h1,3-4,7-8,12H,2,5-6,9-11H2. The average molecular weight is 506 g/mol. The number of hydrogen-bond donors (Lipinski definition) is 0. The fourth-order valence-electron chi connectivity index (χ4n) is 4.20. The molecule has 0 saturated carbocycles. The van der Waals surface area contributed by atoms with E-state index in [1.807, 2.05) is 0 Å². The van der Waals surface area contributed by atoms with Crippen LogP contribution in [0.2, 0.25) is 0 Å². The molecule has 6 heterocycles. The number of piperidine rings is 1. The minimum absolute atomic E-state index is 0.00407. The number of aromatic nitrogens is 7. The molecule has 2 saturated heterocycles. The Morgan fingerprint density at radius 1 is 1.11 bits per heavy atom. The molecule has 0 N–H and O–H groups in total. The van der Waals surface area contributed by atoms with E-state index in [1.165, 1.54) is 12.1 Å². The molecule has 14 heteroatoms. The van der Waals surface area contributed by atoms with Crippen molar-refractivity contribution < 1.29 is 22.3 Å². The third-order valence-corrected chi connectivity index (χ3v) is 7.21. The first-order valence-corrected chi connectivity index (χ1v) is 11.7. The lowest BCUT2D eigenvalue weighted by molar-refractivity contribution is -0.141. The topological polar surface area (TPSA) is 94.7 Å². The number of alkyl halides is 4. The maximum Gasteiger partial charge on any atom is 0.433 e. The molecule has 0 bridgehead atoms. The van der Waals surface area contributed by atoms with Gasteiger partial charge in [-0.2, -0.15) is 18.3 Å². The SMILES string of the molecule is FC(F)(F)c1cccc(-c2nnc(C3(F)CCCN(c4cnc5cnn(C6COC6)c5n4)C3)s2)n1. The van der Waals surface area contributed by atoms with Crippen LogP contribution < -0.4 is 4.90 Å². The average Bonchev–Trinajstić information content (AvgIpc) is 3.46. The van der Waals surface area contributed by atoms with Crippen molar-refractivity contribution in [3.63, 3.8) is 0 Å². The molecule has 35 heavy (non-hydrogen) atoms. The molecule has 2 aliphatic rings. The van der Waals surface area contributed by atoms with Gasteiger partial charge in [-0.1, -0.05) is 17.4 Å². The third kappa shape index (κ3) is 3.99. The molecule has 4 aromatic heterocycles. The number of ether oxygens (including phenoxy) is 1. The molecule has 6 rings (SSSR count). The van der Waals surface area contributed by atoms with Gasteiger partial charge in [0, 0.05) is 6.54 Å². The van der Waals surface area contributed by atoms with E-state index in [4.69, 9.17) is 9.72 Å². The lowest BCUT2D eigenvalue weighted by Gasteiger charge is -2.36. The minimum Gasteiger partial charge on any atom is -0.377 e. The van der Waals surface area contributed by atoms with Crippen molar-refractivity contribution in [2.75, 3.05) is 31.2 Å². The van der Waals surface area contributed by atoms with Gasteiger partial charge in [0.15, 0.2) is 21.3 Å². The molecule has 0 radical (unpaired) electrons. The molecule has 2 aliphatic heterocycles. The smallest absolute Gasteiger partial charge is 0.377 e. The zero-order chi connectivity index (χ0) is 24.2. The highest BCUT2D eigenvalue weighted by molar-refractivity contribution is 7.14. The van der Waals surface area contributed by atoms with Crippen molar-refractivity contribution in [2.45, 2.75) is 30.7 Å². The van der Waals surface area contributed by atoms with Gasteiger partial charge in [0.25, 0.3) is 0 Å². The Bertz CT molecular complexity index is 1390. The van der Waals surface area contributed by atoms with Crippen molar-refractivity contribution >= 4 is 28.3 Å². The number of nitrogens with zero attached hydrogens (tertiary/aromatic N) is 8. The minimum atomic E-state index is -4.59. The first-order valence-electron chi connectivity index (χ1n) is 10.9. The zero-order valence-electron chi connectivity index (χ0n) is 18.1. The van der Waals surface area contributed by atoms with Crippen LogP contribution in [0.15, 0.2) is 30.6 Å². The Labute approximate surface area is 199 Å². The molecule has 1 atom stereocenters. The van der Waals surface area contributed by atoms with Gasteiger partial charge in [-0.25, -0.2) is 24.0 Å². The van der Waals surface area contributed by atoms with E-state index in [2.05, 4.69) is 25.3 Å². The number of rotatable bonds is 4. The van der Waals surface area contributed by atoms with Crippen LogP contribution in [0.5, 0.6) is 0 Å². The first kappa shape index (κ1) is 22.2. The molecule has 2 fully saturated rings. The molecule has 4 aromatic rings. The summed E-state index contributed by atoms with van der Waals surface area (Å²) in [5, 5.41) is 12.5. The van der Waals surface area contributed by atoms with E-state index in [9.17, 15) is 13.2 Å². The highest BCUT2D eigenvalue weighted by Gasteiger charge is 2.41. The summed E-state index contributed by atoms with van der Waals surface area (Å²) in [7, 11) is 0. The van der Waals surface area contributed by atoms with Crippen LogP contribution >= 0.6 is 11.3 Å². The normalized spacial score (nSPS) is 21.4. The van der Waals surface area contributed by atoms with Gasteiger partial charge in [-0.3, -0.25) is 0 Å². The zero-order valence-corrected chi connectivity index (χ0v) is 18.9. The number of hydrogen-bond acceptors (Lipinski definition) is 9. The lowest BCUT2D eigenvalue weighted by atomic mass is 9.95. The Kier molecular flexibility index (Phi) is 5.18. The van der Waals surface area contributed by atoms with Gasteiger partial charge in [0.05, 0.1) is 32.2 Å². The fourth-order valence-corrected chi connectivity index (χ4v) is 5.11. The molecule has 0 aromatic carbocycles. The van der Waals surface area contributed by atoms with Gasteiger partial charge >= 0.3 is 6.18 Å². The molecule has 182 valence electrons. The summed E-state index contributed by atoms with van der Waals surface area (Å²) < 4.78 is 62.3. The summed E-state index contributed by atoms with van der Waals surface area (Å²) in [5.41, 5.74) is -1.61. The van der Waals surface area contributed by atoms with Gasteiger partial charge in [0.2, 0.25) is 0 Å². The number of halogens is 4. The van der Waals surface area contributed by atoms with Gasteiger partial charge in [-0.05, 0) is 25.0 Å². The van der Waals surface area contributed by atoms with E-state index in [-0.39, 0.29) is 34.7 Å². The van der Waals surface area contributed by atoms with Crippen molar-refractivity contribution in [3.05, 3.63) is 41.3 Å². The van der Waals surface area contributed by atoms with Crippen LogP contribution in [-0.2, 0) is 16.6 Å². The Balaban J connectivity index is 1.27. The predicted molar refractivity (Wildman–Crippen MR) is 118 cm³/mol. The lowest BCUT2D eigenvalue weighted by Crippen LogP contribution is -2.44. The van der Waals surface area contributed by atoms with Crippen LogP contribution in [0, 0.1) is 0 Å². The van der Waals surface area contributed by atoms with Gasteiger partial charge in [-0.15, -0.1) is 10.2 Å². The summed E-state index contributed by atoms with van der Waals surface area (Å²) in [6.45, 7) is 1.66. The third-order valence-electron chi connectivity index (χ3n) is 6.09. The monoisotopic (exact) mass is 506 g/mol. The summed E-state index contributed by atoms with van der Waals surface area (Å²) in [5.74, 6) is 0.519. The van der Waals surface area contributed by atoms with E-state index in [0.29, 0.717) is 43.2 Å². The molecule has 0 aliphatic carbocycles. The largest absolute Gasteiger partial charge is 0.433 e. The van der Waals surface area contributed by atoms with Crippen molar-refractivity contribution in [1.82, 2.24) is 34.9 Å². The summed E-state index contributed by atoms with van der Waals surface area (Å²) in [4.78, 5) is 14.6. The van der Waals surface area contributed by atoms with E-state index < -0.39 is 17.5 Å². The number of fused-ring (bicyclic) bond motifs is 1. The summed E-state index contributed by atoms with van der Waals surface area (Å²) >= 11 is 0.911. The second kappa shape index (κ2) is 8.16. The second-order valence-electron chi connectivity index (χ2n) is 8.53. The molecular weight excluding hydrogens is 488 g/mol. The molecule has 0 amide bonds. The van der Waals surface area contributed by atoms with Gasteiger partial charge < -0.3 is 9.64 Å². The van der Waals surface area contributed by atoms with Crippen molar-refractivity contribution in [3.8, 4) is 10.7 Å². The van der Waals surface area contributed by atoms with Crippen LogP contribution in [0.25, 0.3) is 21.9 Å². The number of pyridine rings is 1. The van der Waals surface area contributed by atoms with Gasteiger partial charge in [0.1, 0.15) is 28.8 Å². The van der Waals surface area contributed by atoms with E-state index >= 15 is 4.39 Å². The maximum atomic E-state index is 16.1. The van der Waals surface area contributed by atoms with Crippen LogP contribution in [-0.4, -0.2) is 61.2 Å². The Morgan fingerprint density at radius 3 is 2.74 bits per heavy atom. The second-order valence-corrected chi connectivity index (χ2v) is 9.50. The highest BCUT2D eigenvalue weighted by Crippen LogP contribution is 2.40. The van der Waals surface area contributed by atoms with E-state index in [0.717, 1.165) is 17.4 Å². The van der Waals surface area contributed by atoms with E-state index in [1.54, 1.807) is 22.0 Å². The summed E-state index contributed by atoms with van der Waals surface area (Å²) in [6, 6.07) is 3.62. The molecule has 0 spiro atoms.